The lowest BCUT2D eigenvalue weighted by Crippen LogP contribution is -2.02. The van der Waals surface area contributed by atoms with E-state index in [1.807, 2.05) is 6.92 Å². The predicted octanol–water partition coefficient (Wildman–Crippen LogP) is 1.26. The van der Waals surface area contributed by atoms with Crippen LogP contribution >= 0.6 is 0 Å². The quantitative estimate of drug-likeness (QED) is 0.819. The SMILES string of the molecule is CCn1nnc(C(=O)O)c1-c1ccoc1. The number of hydrogen-bond donors (Lipinski definition) is 1. The molecule has 0 spiro atoms. The first-order valence-electron chi connectivity index (χ1n) is 4.43. The second-order valence-corrected chi connectivity index (χ2v) is 2.92. The molecule has 6 nitrogen and oxygen atoms in total. The Bertz CT molecular complexity index is 473. The number of hydrogen-bond acceptors (Lipinski definition) is 4. The van der Waals surface area contributed by atoms with Crippen LogP contribution < -0.4 is 0 Å². The Morgan fingerprint density at radius 1 is 1.67 bits per heavy atom. The van der Waals surface area contributed by atoms with Crippen molar-refractivity contribution in [3.8, 4) is 11.3 Å². The highest BCUT2D eigenvalue weighted by atomic mass is 16.4. The van der Waals surface area contributed by atoms with Crippen molar-refractivity contribution in [1.29, 1.82) is 0 Å². The van der Waals surface area contributed by atoms with Gasteiger partial charge in [-0.2, -0.15) is 0 Å². The van der Waals surface area contributed by atoms with Gasteiger partial charge >= 0.3 is 5.97 Å². The number of rotatable bonds is 3. The van der Waals surface area contributed by atoms with Gasteiger partial charge in [0.1, 0.15) is 5.69 Å². The third-order valence-electron chi connectivity index (χ3n) is 2.03. The Morgan fingerprint density at radius 2 is 2.47 bits per heavy atom. The molecular weight excluding hydrogens is 198 g/mol. The molecule has 0 aliphatic heterocycles. The molecular formula is C9H9N3O3. The van der Waals surface area contributed by atoms with E-state index in [9.17, 15) is 4.79 Å². The summed E-state index contributed by atoms with van der Waals surface area (Å²) in [5.41, 5.74) is 1.08. The molecule has 0 aliphatic rings. The Kier molecular flexibility index (Phi) is 2.24. The van der Waals surface area contributed by atoms with Crippen molar-refractivity contribution in [2.75, 3.05) is 0 Å². The Morgan fingerprint density at radius 3 is 3.00 bits per heavy atom. The van der Waals surface area contributed by atoms with Gasteiger partial charge in [-0.25, -0.2) is 9.48 Å². The van der Waals surface area contributed by atoms with Crippen molar-refractivity contribution in [3.63, 3.8) is 0 Å². The van der Waals surface area contributed by atoms with Crippen molar-refractivity contribution in [3.05, 3.63) is 24.3 Å². The van der Waals surface area contributed by atoms with Crippen LogP contribution in [0.25, 0.3) is 11.3 Å². The maximum absolute atomic E-state index is 10.9. The summed E-state index contributed by atoms with van der Waals surface area (Å²) in [4.78, 5) is 10.9. The lowest BCUT2D eigenvalue weighted by Gasteiger charge is -2.00. The molecule has 0 aromatic carbocycles. The highest BCUT2D eigenvalue weighted by Gasteiger charge is 2.20. The van der Waals surface area contributed by atoms with E-state index in [2.05, 4.69) is 10.3 Å². The lowest BCUT2D eigenvalue weighted by atomic mass is 10.2. The Balaban J connectivity index is 2.61. The molecule has 0 fully saturated rings. The number of carboxylic acid groups (broad SMARTS) is 1. The molecule has 2 heterocycles. The van der Waals surface area contributed by atoms with Crippen LogP contribution in [0, 0.1) is 0 Å². The highest BCUT2D eigenvalue weighted by molar-refractivity contribution is 5.92. The number of carboxylic acids is 1. The molecule has 2 aromatic heterocycles. The molecule has 2 rings (SSSR count). The minimum Gasteiger partial charge on any atom is -0.476 e. The summed E-state index contributed by atoms with van der Waals surface area (Å²) in [6, 6.07) is 1.68. The Hall–Kier alpha value is -2.11. The van der Waals surface area contributed by atoms with Gasteiger partial charge in [-0.3, -0.25) is 0 Å². The molecule has 0 amide bonds. The third kappa shape index (κ3) is 1.50. The van der Waals surface area contributed by atoms with Crippen LogP contribution in [-0.2, 0) is 6.54 Å². The van der Waals surface area contributed by atoms with E-state index in [4.69, 9.17) is 9.52 Å². The molecule has 0 aliphatic carbocycles. The summed E-state index contributed by atoms with van der Waals surface area (Å²) in [6.45, 7) is 2.42. The average molecular weight is 207 g/mol. The fraction of sp³-hybridized carbons (Fsp3) is 0.222. The fourth-order valence-corrected chi connectivity index (χ4v) is 1.36. The van der Waals surface area contributed by atoms with Crippen LogP contribution in [0.3, 0.4) is 0 Å². The molecule has 0 radical (unpaired) electrons. The number of aromatic nitrogens is 3. The largest absolute Gasteiger partial charge is 0.476 e. The zero-order valence-electron chi connectivity index (χ0n) is 8.04. The van der Waals surface area contributed by atoms with Crippen molar-refractivity contribution in [2.24, 2.45) is 0 Å². The summed E-state index contributed by atoms with van der Waals surface area (Å²) in [6.07, 6.45) is 2.95. The van der Waals surface area contributed by atoms with E-state index >= 15 is 0 Å². The van der Waals surface area contributed by atoms with E-state index in [1.165, 1.54) is 17.2 Å². The molecule has 0 saturated carbocycles. The molecule has 0 atom stereocenters. The predicted molar refractivity (Wildman–Crippen MR) is 50.4 cm³/mol. The van der Waals surface area contributed by atoms with Crippen molar-refractivity contribution >= 4 is 5.97 Å². The number of aromatic carboxylic acids is 1. The van der Waals surface area contributed by atoms with Crippen LogP contribution in [-0.4, -0.2) is 26.1 Å². The zero-order chi connectivity index (χ0) is 10.8. The van der Waals surface area contributed by atoms with Gasteiger partial charge < -0.3 is 9.52 Å². The van der Waals surface area contributed by atoms with Gasteiger partial charge in [-0.1, -0.05) is 5.21 Å². The maximum Gasteiger partial charge on any atom is 0.358 e. The van der Waals surface area contributed by atoms with Crippen molar-refractivity contribution < 1.29 is 14.3 Å². The summed E-state index contributed by atoms with van der Waals surface area (Å²) in [7, 11) is 0. The van der Waals surface area contributed by atoms with Gasteiger partial charge in [0.2, 0.25) is 0 Å². The van der Waals surface area contributed by atoms with Crippen LogP contribution in [0.4, 0.5) is 0 Å². The van der Waals surface area contributed by atoms with Gasteiger partial charge in [-0.05, 0) is 13.0 Å². The molecule has 0 unspecified atom stereocenters. The van der Waals surface area contributed by atoms with Gasteiger partial charge in [0.05, 0.1) is 12.5 Å². The van der Waals surface area contributed by atoms with Gasteiger partial charge in [0.25, 0.3) is 0 Å². The first-order valence-corrected chi connectivity index (χ1v) is 4.43. The minimum atomic E-state index is -1.09. The number of aryl methyl sites for hydroxylation is 1. The lowest BCUT2D eigenvalue weighted by molar-refractivity contribution is 0.0691. The summed E-state index contributed by atoms with van der Waals surface area (Å²) in [5.74, 6) is -1.09. The molecule has 1 N–H and O–H groups in total. The highest BCUT2D eigenvalue weighted by Crippen LogP contribution is 2.22. The molecule has 0 bridgehead atoms. The monoisotopic (exact) mass is 207 g/mol. The molecule has 15 heavy (non-hydrogen) atoms. The Labute approximate surface area is 85.1 Å². The standard InChI is InChI=1S/C9H9N3O3/c1-2-12-8(6-3-4-15-5-6)7(9(13)14)10-11-12/h3-5H,2H2,1H3,(H,13,14). The van der Waals surface area contributed by atoms with Gasteiger partial charge in [0.15, 0.2) is 5.69 Å². The van der Waals surface area contributed by atoms with E-state index in [-0.39, 0.29) is 5.69 Å². The molecule has 78 valence electrons. The maximum atomic E-state index is 10.9. The third-order valence-corrected chi connectivity index (χ3v) is 2.03. The van der Waals surface area contributed by atoms with E-state index in [0.717, 1.165) is 0 Å². The van der Waals surface area contributed by atoms with E-state index < -0.39 is 5.97 Å². The van der Waals surface area contributed by atoms with Crippen LogP contribution in [0.1, 0.15) is 17.4 Å². The van der Waals surface area contributed by atoms with E-state index in [1.54, 1.807) is 6.07 Å². The number of carbonyl (C=O) groups is 1. The summed E-state index contributed by atoms with van der Waals surface area (Å²) >= 11 is 0. The van der Waals surface area contributed by atoms with E-state index in [0.29, 0.717) is 17.8 Å². The fourth-order valence-electron chi connectivity index (χ4n) is 1.36. The molecule has 0 saturated heterocycles. The smallest absolute Gasteiger partial charge is 0.358 e. The first-order chi connectivity index (χ1) is 7.24. The van der Waals surface area contributed by atoms with Crippen LogP contribution in [0.5, 0.6) is 0 Å². The number of furan rings is 1. The summed E-state index contributed by atoms with van der Waals surface area (Å²) in [5, 5.41) is 16.3. The zero-order valence-corrected chi connectivity index (χ0v) is 8.04. The number of nitrogens with zero attached hydrogens (tertiary/aromatic N) is 3. The topological polar surface area (TPSA) is 81.2 Å². The second-order valence-electron chi connectivity index (χ2n) is 2.92. The van der Waals surface area contributed by atoms with Crippen molar-refractivity contribution in [1.82, 2.24) is 15.0 Å². The minimum absolute atomic E-state index is 0.0572. The van der Waals surface area contributed by atoms with Gasteiger partial charge in [0, 0.05) is 12.1 Å². The molecule has 2 aromatic rings. The van der Waals surface area contributed by atoms with Crippen LogP contribution in [0.2, 0.25) is 0 Å². The first kappa shape index (κ1) is 9.45. The van der Waals surface area contributed by atoms with Gasteiger partial charge in [-0.15, -0.1) is 5.10 Å². The molecule has 6 heteroatoms. The average Bonchev–Trinajstić information content (AvgIpc) is 2.85. The normalized spacial score (nSPS) is 10.5. The summed E-state index contributed by atoms with van der Waals surface area (Å²) < 4.78 is 6.43. The van der Waals surface area contributed by atoms with Crippen molar-refractivity contribution in [2.45, 2.75) is 13.5 Å². The second kappa shape index (κ2) is 3.56. The van der Waals surface area contributed by atoms with Crippen LogP contribution in [0.15, 0.2) is 23.0 Å².